The molecule has 0 aliphatic heterocycles. The second kappa shape index (κ2) is 7.24. The maximum atomic E-state index is 5.66. The summed E-state index contributed by atoms with van der Waals surface area (Å²) in [7, 11) is 0. The van der Waals surface area contributed by atoms with Gasteiger partial charge in [0.2, 0.25) is 0 Å². The Labute approximate surface area is 95.0 Å². The van der Waals surface area contributed by atoms with Gasteiger partial charge in [0.15, 0.2) is 0 Å². The Kier molecular flexibility index (Phi) is 6.26. The Morgan fingerprint density at radius 3 is 2.47 bits per heavy atom. The largest absolute Gasteiger partial charge is 0.271 e. The van der Waals surface area contributed by atoms with E-state index >= 15 is 0 Å². The highest BCUT2D eigenvalue weighted by atomic mass is 15.2. The summed E-state index contributed by atoms with van der Waals surface area (Å²) in [5.74, 6) is 7.41. The summed E-state index contributed by atoms with van der Waals surface area (Å²) in [6, 6.07) is 0.584. The van der Waals surface area contributed by atoms with Crippen molar-refractivity contribution >= 4 is 0 Å². The van der Waals surface area contributed by atoms with Crippen molar-refractivity contribution in [3.63, 3.8) is 0 Å². The lowest BCUT2D eigenvalue weighted by Gasteiger charge is -2.35. The standard InChI is InChI=1S/C13H28N2/c1-3-5-7-11(4-2)10-13(15-14)12-8-6-9-12/h11-13,15H,3-10,14H2,1-2H3. The van der Waals surface area contributed by atoms with E-state index in [0.29, 0.717) is 6.04 Å². The molecule has 2 heteroatoms. The van der Waals surface area contributed by atoms with Crippen molar-refractivity contribution < 1.29 is 0 Å². The average molecular weight is 212 g/mol. The molecule has 0 bridgehead atoms. The highest BCUT2D eigenvalue weighted by Crippen LogP contribution is 2.33. The zero-order valence-electron chi connectivity index (χ0n) is 10.5. The van der Waals surface area contributed by atoms with Crippen LogP contribution in [0, 0.1) is 11.8 Å². The number of hydrazine groups is 1. The number of hydrogen-bond acceptors (Lipinski definition) is 2. The first-order valence-corrected chi connectivity index (χ1v) is 6.77. The molecule has 0 radical (unpaired) electrons. The lowest BCUT2D eigenvalue weighted by molar-refractivity contribution is 0.194. The molecule has 0 aromatic heterocycles. The van der Waals surface area contributed by atoms with Gasteiger partial charge in [-0.25, -0.2) is 0 Å². The zero-order chi connectivity index (χ0) is 11.1. The van der Waals surface area contributed by atoms with Crippen LogP contribution in [0.5, 0.6) is 0 Å². The molecule has 1 aliphatic rings. The maximum Gasteiger partial charge on any atom is 0.0241 e. The lowest BCUT2D eigenvalue weighted by atomic mass is 9.76. The molecule has 0 saturated heterocycles. The van der Waals surface area contributed by atoms with Gasteiger partial charge in [0, 0.05) is 6.04 Å². The highest BCUT2D eigenvalue weighted by Gasteiger charge is 2.27. The van der Waals surface area contributed by atoms with Gasteiger partial charge >= 0.3 is 0 Å². The number of unbranched alkanes of at least 4 members (excludes halogenated alkanes) is 1. The van der Waals surface area contributed by atoms with Crippen LogP contribution in [0.4, 0.5) is 0 Å². The molecule has 1 fully saturated rings. The van der Waals surface area contributed by atoms with Gasteiger partial charge in [-0.05, 0) is 31.1 Å². The fourth-order valence-corrected chi connectivity index (χ4v) is 2.58. The van der Waals surface area contributed by atoms with Crippen molar-refractivity contribution in [2.45, 2.75) is 71.3 Å². The molecule has 15 heavy (non-hydrogen) atoms. The van der Waals surface area contributed by atoms with Gasteiger partial charge in [-0.2, -0.15) is 0 Å². The van der Waals surface area contributed by atoms with Crippen LogP contribution in [-0.4, -0.2) is 6.04 Å². The first-order chi connectivity index (χ1) is 7.31. The van der Waals surface area contributed by atoms with E-state index in [4.69, 9.17) is 5.84 Å². The molecule has 1 aliphatic carbocycles. The van der Waals surface area contributed by atoms with Crippen LogP contribution in [0.25, 0.3) is 0 Å². The van der Waals surface area contributed by atoms with Crippen LogP contribution >= 0.6 is 0 Å². The van der Waals surface area contributed by atoms with Crippen molar-refractivity contribution in [3.05, 3.63) is 0 Å². The predicted octanol–water partition coefficient (Wildman–Crippen LogP) is 3.22. The predicted molar refractivity (Wildman–Crippen MR) is 66.4 cm³/mol. The van der Waals surface area contributed by atoms with Gasteiger partial charge in [-0.1, -0.05) is 46.0 Å². The summed E-state index contributed by atoms with van der Waals surface area (Å²) in [4.78, 5) is 0. The molecule has 0 amide bonds. The minimum absolute atomic E-state index is 0.584. The number of hydrogen-bond donors (Lipinski definition) is 2. The summed E-state index contributed by atoms with van der Waals surface area (Å²) < 4.78 is 0. The van der Waals surface area contributed by atoms with Crippen molar-refractivity contribution in [2.75, 3.05) is 0 Å². The molecular formula is C13H28N2. The summed E-state index contributed by atoms with van der Waals surface area (Å²) in [5, 5.41) is 0. The van der Waals surface area contributed by atoms with E-state index < -0.39 is 0 Å². The maximum absolute atomic E-state index is 5.66. The van der Waals surface area contributed by atoms with E-state index in [-0.39, 0.29) is 0 Å². The van der Waals surface area contributed by atoms with Gasteiger partial charge in [-0.3, -0.25) is 11.3 Å². The number of rotatable bonds is 8. The molecular weight excluding hydrogens is 184 g/mol. The molecule has 2 atom stereocenters. The van der Waals surface area contributed by atoms with Crippen LogP contribution in [0.15, 0.2) is 0 Å². The van der Waals surface area contributed by atoms with Crippen molar-refractivity contribution in [3.8, 4) is 0 Å². The van der Waals surface area contributed by atoms with Crippen LogP contribution in [0.2, 0.25) is 0 Å². The van der Waals surface area contributed by atoms with Crippen LogP contribution in [0.3, 0.4) is 0 Å². The minimum atomic E-state index is 0.584. The van der Waals surface area contributed by atoms with E-state index in [1.165, 1.54) is 51.4 Å². The second-order valence-corrected chi connectivity index (χ2v) is 5.12. The molecule has 0 aromatic rings. The smallest absolute Gasteiger partial charge is 0.0241 e. The number of nitrogens with two attached hydrogens (primary N) is 1. The normalized spacial score (nSPS) is 21.0. The van der Waals surface area contributed by atoms with E-state index in [0.717, 1.165) is 11.8 Å². The van der Waals surface area contributed by atoms with Crippen molar-refractivity contribution in [1.29, 1.82) is 0 Å². The van der Waals surface area contributed by atoms with E-state index in [2.05, 4.69) is 19.3 Å². The third kappa shape index (κ3) is 4.12. The van der Waals surface area contributed by atoms with E-state index in [1.54, 1.807) is 0 Å². The van der Waals surface area contributed by atoms with Gasteiger partial charge in [0.25, 0.3) is 0 Å². The van der Waals surface area contributed by atoms with E-state index in [9.17, 15) is 0 Å². The summed E-state index contributed by atoms with van der Waals surface area (Å²) in [6.07, 6.45) is 10.9. The fourth-order valence-electron chi connectivity index (χ4n) is 2.58. The third-order valence-electron chi connectivity index (χ3n) is 4.06. The van der Waals surface area contributed by atoms with Gasteiger partial charge < -0.3 is 0 Å². The fraction of sp³-hybridized carbons (Fsp3) is 1.00. The van der Waals surface area contributed by atoms with Gasteiger partial charge in [0.05, 0.1) is 0 Å². The van der Waals surface area contributed by atoms with Crippen LogP contribution in [0.1, 0.15) is 65.2 Å². The molecule has 1 saturated carbocycles. The third-order valence-corrected chi connectivity index (χ3v) is 4.06. The molecule has 0 spiro atoms. The Bertz CT molecular complexity index is 155. The summed E-state index contributed by atoms with van der Waals surface area (Å²) in [5.41, 5.74) is 3.05. The Morgan fingerprint density at radius 1 is 1.33 bits per heavy atom. The second-order valence-electron chi connectivity index (χ2n) is 5.12. The molecule has 2 nitrogen and oxygen atoms in total. The van der Waals surface area contributed by atoms with Crippen LogP contribution in [-0.2, 0) is 0 Å². The lowest BCUT2D eigenvalue weighted by Crippen LogP contribution is -2.44. The SMILES string of the molecule is CCCCC(CC)CC(NN)C1CCC1. The molecule has 0 heterocycles. The Morgan fingerprint density at radius 2 is 2.07 bits per heavy atom. The quantitative estimate of drug-likeness (QED) is 0.479. The number of nitrogens with one attached hydrogen (secondary N) is 1. The molecule has 2 unspecified atom stereocenters. The summed E-state index contributed by atoms with van der Waals surface area (Å²) >= 11 is 0. The Balaban J connectivity index is 2.26. The summed E-state index contributed by atoms with van der Waals surface area (Å²) in [6.45, 7) is 4.59. The Hall–Kier alpha value is -0.0800. The first-order valence-electron chi connectivity index (χ1n) is 6.77. The molecule has 0 aromatic carbocycles. The molecule has 3 N–H and O–H groups in total. The average Bonchev–Trinajstić information content (AvgIpc) is 2.19. The van der Waals surface area contributed by atoms with Crippen LogP contribution < -0.4 is 11.3 Å². The van der Waals surface area contributed by atoms with Crippen molar-refractivity contribution in [2.24, 2.45) is 17.7 Å². The zero-order valence-corrected chi connectivity index (χ0v) is 10.5. The van der Waals surface area contributed by atoms with Gasteiger partial charge in [0.1, 0.15) is 0 Å². The monoisotopic (exact) mass is 212 g/mol. The van der Waals surface area contributed by atoms with Crippen molar-refractivity contribution in [1.82, 2.24) is 5.43 Å². The molecule has 1 rings (SSSR count). The van der Waals surface area contributed by atoms with E-state index in [1.807, 2.05) is 0 Å². The first kappa shape index (κ1) is 13.0. The topological polar surface area (TPSA) is 38.0 Å². The molecule has 90 valence electrons. The highest BCUT2D eigenvalue weighted by molar-refractivity contribution is 4.83. The van der Waals surface area contributed by atoms with Gasteiger partial charge in [-0.15, -0.1) is 0 Å². The minimum Gasteiger partial charge on any atom is -0.271 e.